The Kier molecular flexibility index (Phi) is 4.40. The molecule has 0 aromatic heterocycles. The van der Waals surface area contributed by atoms with E-state index in [9.17, 15) is 4.79 Å². The summed E-state index contributed by atoms with van der Waals surface area (Å²) in [5, 5.41) is 8.99. The van der Waals surface area contributed by atoms with E-state index in [-0.39, 0.29) is 6.04 Å². The molecule has 1 saturated carbocycles. The summed E-state index contributed by atoms with van der Waals surface area (Å²) in [6.07, 6.45) is 6.82. The number of hydrogen-bond acceptors (Lipinski definition) is 3. The van der Waals surface area contributed by atoms with Gasteiger partial charge in [-0.3, -0.25) is 14.6 Å². The van der Waals surface area contributed by atoms with Crippen molar-refractivity contribution in [3.05, 3.63) is 0 Å². The molecule has 1 heterocycles. The Labute approximate surface area is 104 Å². The molecule has 0 radical (unpaired) electrons. The minimum Gasteiger partial charge on any atom is -0.480 e. The van der Waals surface area contributed by atoms with Crippen LogP contribution in [0.4, 0.5) is 0 Å². The molecule has 0 spiro atoms. The SMILES string of the molecule is C[C@H](C(=O)O)N1CCN(C2CCCCC2)CC1. The van der Waals surface area contributed by atoms with Crippen molar-refractivity contribution in [2.75, 3.05) is 26.2 Å². The Balaban J connectivity index is 1.79. The molecule has 0 bridgehead atoms. The van der Waals surface area contributed by atoms with Gasteiger partial charge in [0, 0.05) is 32.2 Å². The zero-order valence-corrected chi connectivity index (χ0v) is 10.8. The molecular formula is C13H24N2O2. The molecule has 0 amide bonds. The Morgan fingerprint density at radius 3 is 2.24 bits per heavy atom. The van der Waals surface area contributed by atoms with Crippen LogP contribution in [-0.4, -0.2) is 59.1 Å². The van der Waals surface area contributed by atoms with Gasteiger partial charge in [-0.2, -0.15) is 0 Å². The van der Waals surface area contributed by atoms with Crippen LogP contribution in [0.5, 0.6) is 0 Å². The van der Waals surface area contributed by atoms with Crippen molar-refractivity contribution in [3.63, 3.8) is 0 Å². The van der Waals surface area contributed by atoms with E-state index in [4.69, 9.17) is 5.11 Å². The highest BCUT2D eigenvalue weighted by Gasteiger charge is 2.28. The van der Waals surface area contributed by atoms with Gasteiger partial charge in [0.15, 0.2) is 0 Å². The third kappa shape index (κ3) is 3.19. The number of carboxylic acids is 1. The van der Waals surface area contributed by atoms with Gasteiger partial charge in [0.2, 0.25) is 0 Å². The van der Waals surface area contributed by atoms with Crippen LogP contribution in [0.1, 0.15) is 39.0 Å². The summed E-state index contributed by atoms with van der Waals surface area (Å²) in [4.78, 5) is 15.6. The van der Waals surface area contributed by atoms with Crippen LogP contribution < -0.4 is 0 Å². The van der Waals surface area contributed by atoms with Gasteiger partial charge < -0.3 is 5.11 Å². The molecule has 2 rings (SSSR count). The smallest absolute Gasteiger partial charge is 0.320 e. The summed E-state index contributed by atoms with van der Waals surface area (Å²) in [7, 11) is 0. The highest BCUT2D eigenvalue weighted by molar-refractivity contribution is 5.72. The largest absolute Gasteiger partial charge is 0.480 e. The Hall–Kier alpha value is -0.610. The minimum atomic E-state index is -0.698. The zero-order chi connectivity index (χ0) is 12.3. The maximum Gasteiger partial charge on any atom is 0.320 e. The Morgan fingerprint density at radius 1 is 1.12 bits per heavy atom. The van der Waals surface area contributed by atoms with E-state index in [1.54, 1.807) is 6.92 Å². The lowest BCUT2D eigenvalue weighted by Gasteiger charge is -2.41. The lowest BCUT2D eigenvalue weighted by molar-refractivity contribution is -0.143. The summed E-state index contributed by atoms with van der Waals surface area (Å²) >= 11 is 0. The minimum absolute atomic E-state index is 0.330. The van der Waals surface area contributed by atoms with Gasteiger partial charge in [0.1, 0.15) is 6.04 Å². The standard InChI is InChI=1S/C13H24N2O2/c1-11(13(16)17)14-7-9-15(10-8-14)12-5-3-2-4-6-12/h11-12H,2-10H2,1H3,(H,16,17)/t11-/m1/s1. The van der Waals surface area contributed by atoms with E-state index >= 15 is 0 Å². The molecule has 2 fully saturated rings. The molecule has 0 unspecified atom stereocenters. The Bertz CT molecular complexity index is 256. The van der Waals surface area contributed by atoms with E-state index in [1.165, 1.54) is 32.1 Å². The fraction of sp³-hybridized carbons (Fsp3) is 0.923. The number of rotatable bonds is 3. The first-order valence-electron chi connectivity index (χ1n) is 6.89. The fourth-order valence-corrected chi connectivity index (χ4v) is 3.09. The summed E-state index contributed by atoms with van der Waals surface area (Å²) in [5.74, 6) is -0.698. The van der Waals surface area contributed by atoms with Gasteiger partial charge in [0.05, 0.1) is 0 Å². The van der Waals surface area contributed by atoms with Gasteiger partial charge in [-0.25, -0.2) is 0 Å². The van der Waals surface area contributed by atoms with Crippen LogP contribution in [0.2, 0.25) is 0 Å². The first-order chi connectivity index (χ1) is 8.18. The van der Waals surface area contributed by atoms with Crippen molar-refractivity contribution in [3.8, 4) is 0 Å². The van der Waals surface area contributed by atoms with Crippen molar-refractivity contribution in [2.24, 2.45) is 0 Å². The molecule has 1 N–H and O–H groups in total. The quantitative estimate of drug-likeness (QED) is 0.810. The zero-order valence-electron chi connectivity index (χ0n) is 10.8. The summed E-state index contributed by atoms with van der Waals surface area (Å²) in [6, 6.07) is 0.439. The van der Waals surface area contributed by atoms with Crippen LogP contribution in [0.3, 0.4) is 0 Å². The highest BCUT2D eigenvalue weighted by atomic mass is 16.4. The molecule has 0 aromatic rings. The summed E-state index contributed by atoms with van der Waals surface area (Å²) in [5.41, 5.74) is 0. The average Bonchev–Trinajstić information content (AvgIpc) is 2.39. The van der Waals surface area contributed by atoms with Crippen LogP contribution in [0.25, 0.3) is 0 Å². The van der Waals surface area contributed by atoms with Crippen LogP contribution in [0.15, 0.2) is 0 Å². The molecule has 0 aromatic carbocycles. The number of piperazine rings is 1. The van der Waals surface area contributed by atoms with Gasteiger partial charge in [0.25, 0.3) is 0 Å². The number of hydrogen-bond donors (Lipinski definition) is 1. The third-order valence-corrected chi connectivity index (χ3v) is 4.35. The number of aliphatic carboxylic acids is 1. The predicted molar refractivity (Wildman–Crippen MR) is 67.1 cm³/mol. The topological polar surface area (TPSA) is 43.8 Å². The van der Waals surface area contributed by atoms with Crippen molar-refractivity contribution >= 4 is 5.97 Å². The van der Waals surface area contributed by atoms with Crippen molar-refractivity contribution < 1.29 is 9.90 Å². The molecule has 1 saturated heterocycles. The maximum absolute atomic E-state index is 10.9. The van der Waals surface area contributed by atoms with Crippen LogP contribution >= 0.6 is 0 Å². The predicted octanol–water partition coefficient (Wildman–Crippen LogP) is 1.41. The first-order valence-corrected chi connectivity index (χ1v) is 6.89. The molecule has 2 aliphatic rings. The molecule has 4 nitrogen and oxygen atoms in total. The second kappa shape index (κ2) is 5.83. The van der Waals surface area contributed by atoms with Gasteiger partial charge in [-0.1, -0.05) is 19.3 Å². The van der Waals surface area contributed by atoms with E-state index in [2.05, 4.69) is 9.80 Å². The van der Waals surface area contributed by atoms with Crippen molar-refractivity contribution in [1.82, 2.24) is 9.80 Å². The number of carbonyl (C=O) groups is 1. The van der Waals surface area contributed by atoms with Crippen molar-refractivity contribution in [2.45, 2.75) is 51.1 Å². The molecule has 4 heteroatoms. The first kappa shape index (κ1) is 12.8. The van der Waals surface area contributed by atoms with Gasteiger partial charge in [-0.15, -0.1) is 0 Å². The molecule has 17 heavy (non-hydrogen) atoms. The van der Waals surface area contributed by atoms with Crippen molar-refractivity contribution in [1.29, 1.82) is 0 Å². The van der Waals surface area contributed by atoms with E-state index in [0.29, 0.717) is 0 Å². The van der Waals surface area contributed by atoms with Crippen LogP contribution in [0, 0.1) is 0 Å². The van der Waals surface area contributed by atoms with Gasteiger partial charge in [-0.05, 0) is 19.8 Å². The molecular weight excluding hydrogens is 216 g/mol. The summed E-state index contributed by atoms with van der Waals surface area (Å²) < 4.78 is 0. The lowest BCUT2D eigenvalue weighted by atomic mass is 9.94. The average molecular weight is 240 g/mol. The lowest BCUT2D eigenvalue weighted by Crippen LogP contribution is -2.54. The van der Waals surface area contributed by atoms with E-state index < -0.39 is 5.97 Å². The fourth-order valence-electron chi connectivity index (χ4n) is 3.09. The third-order valence-electron chi connectivity index (χ3n) is 4.35. The monoisotopic (exact) mass is 240 g/mol. The van der Waals surface area contributed by atoms with Gasteiger partial charge >= 0.3 is 5.97 Å². The molecule has 1 aliphatic carbocycles. The number of carboxylic acid groups (broad SMARTS) is 1. The second-order valence-corrected chi connectivity index (χ2v) is 5.38. The maximum atomic E-state index is 10.9. The highest BCUT2D eigenvalue weighted by Crippen LogP contribution is 2.23. The van der Waals surface area contributed by atoms with E-state index in [1.807, 2.05) is 0 Å². The summed E-state index contributed by atoms with van der Waals surface area (Å²) in [6.45, 7) is 5.69. The molecule has 1 aliphatic heterocycles. The normalized spacial score (nSPS) is 26.9. The van der Waals surface area contributed by atoms with E-state index in [0.717, 1.165) is 32.2 Å². The molecule has 98 valence electrons. The molecule has 1 atom stereocenters. The van der Waals surface area contributed by atoms with Crippen LogP contribution in [-0.2, 0) is 4.79 Å². The second-order valence-electron chi connectivity index (χ2n) is 5.38. The number of nitrogens with zero attached hydrogens (tertiary/aromatic N) is 2. The Morgan fingerprint density at radius 2 is 1.71 bits per heavy atom.